The number of esters is 1. The van der Waals surface area contributed by atoms with Gasteiger partial charge in [-0.2, -0.15) is 9.15 Å². The number of allylic oxidation sites excluding steroid dienone is 6. The Kier molecular flexibility index (Phi) is 37.1. The van der Waals surface area contributed by atoms with Gasteiger partial charge in [0.2, 0.25) is 16.9 Å². The van der Waals surface area contributed by atoms with E-state index in [0.717, 1.165) is 67.1 Å². The van der Waals surface area contributed by atoms with E-state index in [9.17, 15) is 79.5 Å². The minimum absolute atomic E-state index is 0. The number of benzene rings is 4. The molecule has 0 radical (unpaired) electrons. The topological polar surface area (TPSA) is 356 Å². The number of hydrogen-bond donors (Lipinski definition) is 1. The Morgan fingerprint density at radius 3 is 1.62 bits per heavy atom. The number of rotatable bonds is 24. The number of halogens is 4. The maximum Gasteiger partial charge on any atom is 1.00 e. The Balaban J connectivity index is 0.000000312. The SMILES string of the molecule is CC(C)(C)C1=C/C(=C\C=C\C2=[N+](CCCS(=O)(=O)[O-])c3ccc(S(=O)(=O)[O-])cc3C2(C)CCCC(=O)O)c2cc3c4c(c2O1)CCCN4CCC3.CCOC(=O)CCCC1(C)C(C)=[N+](CCCS(=O)(=O)[O-])c2ccc(S(=O)(=O)[O-])cc21.COC(OC)OC.Cc1cc(C(C)(C)C)[nH+]c2c3c4c(cc12)CCCN4CCC3.FB(F)F.[F-].[Na+].[Na+]. The summed E-state index contributed by atoms with van der Waals surface area (Å²) in [4.78, 5) is 31.4. The van der Waals surface area contributed by atoms with Crippen molar-refractivity contribution in [3.8, 4) is 5.75 Å². The van der Waals surface area contributed by atoms with Crippen LogP contribution < -0.4 is 83.3 Å². The number of hydrogen-bond acceptors (Lipinski definition) is 21. The number of nitrogens with one attached hydrogen (secondary N) is 1. The average molecular weight is 1730 g/mol. The van der Waals surface area contributed by atoms with Crippen molar-refractivity contribution in [1.82, 2.24) is 0 Å². The van der Waals surface area contributed by atoms with Crippen molar-refractivity contribution in [2.45, 2.75) is 211 Å². The van der Waals surface area contributed by atoms with Gasteiger partial charge >= 0.3 is 78.6 Å². The average Bonchev–Trinajstić information content (AvgIpc) is 1.50. The van der Waals surface area contributed by atoms with Crippen molar-refractivity contribution in [2.24, 2.45) is 5.41 Å². The second-order valence-corrected chi connectivity index (χ2v) is 37.8. The summed E-state index contributed by atoms with van der Waals surface area (Å²) in [5.41, 5.74) is 16.9. The van der Waals surface area contributed by atoms with E-state index >= 15 is 0 Å². The van der Waals surface area contributed by atoms with E-state index in [1.54, 1.807) is 23.7 Å². The summed E-state index contributed by atoms with van der Waals surface area (Å²) < 4.78 is 196. The first kappa shape index (κ1) is 102. The minimum Gasteiger partial charge on any atom is -1.00 e. The number of methoxy groups -OCH3 is 3. The molecule has 2 atom stereocenters. The van der Waals surface area contributed by atoms with Crippen molar-refractivity contribution in [3.05, 3.63) is 135 Å². The number of ether oxygens (including phenoxy) is 5. The van der Waals surface area contributed by atoms with Crippen molar-refractivity contribution in [3.63, 3.8) is 0 Å². The molecule has 0 bridgehead atoms. The summed E-state index contributed by atoms with van der Waals surface area (Å²) in [6.07, 6.45) is 18.7. The number of aromatic amines is 1. The van der Waals surface area contributed by atoms with Crippen molar-refractivity contribution in [2.75, 3.05) is 88.5 Å². The molecule has 8 heterocycles. The summed E-state index contributed by atoms with van der Waals surface area (Å²) in [6, 6.07) is 15.2. The van der Waals surface area contributed by atoms with Crippen LogP contribution in [0.5, 0.6) is 5.75 Å². The number of carboxylic acids is 1. The van der Waals surface area contributed by atoms with E-state index in [0.29, 0.717) is 47.5 Å². The molecular formula is C81H108BF4N5Na2O20S4. The number of pyridine rings is 1. The molecule has 117 heavy (non-hydrogen) atoms. The van der Waals surface area contributed by atoms with E-state index in [-0.39, 0.29) is 137 Å². The molecule has 2 N–H and O–H groups in total. The number of aryl methyl sites for hydroxylation is 4. The Morgan fingerprint density at radius 2 is 1.14 bits per heavy atom. The van der Waals surface area contributed by atoms with Gasteiger partial charge in [0, 0.05) is 171 Å². The van der Waals surface area contributed by atoms with Gasteiger partial charge < -0.3 is 61.5 Å². The number of anilines is 2. The van der Waals surface area contributed by atoms with Crippen LogP contribution in [0.15, 0.2) is 94.5 Å². The van der Waals surface area contributed by atoms with Crippen LogP contribution in [0.1, 0.15) is 196 Å². The molecule has 634 valence electrons. The maximum atomic E-state index is 12.1. The second kappa shape index (κ2) is 42.5. The first-order chi connectivity index (χ1) is 53.2. The monoisotopic (exact) mass is 1730 g/mol. The zero-order valence-electron chi connectivity index (χ0n) is 70.0. The standard InChI is InChI=1S/C38H46N2O9S2.C20H26N2.C19H27NO8S2.C4H10O3.BF3.FH.2Na/c1-37(2,3)33-23-25(29-22-26-11-7-18-39-19-8-12-28(35(26)39)36(29)49-33)10-5-13-32-38(4,17-6-14-34(41)42)30-24-27(51(46,47)48)15-16-31(30)40(32)20-9-21-50(43,44)45;1-13-11-17(20(2,3)4)21-18-15-8-6-10-22-9-5-7-14(19(15)22)12-16(13)18;1-4-28-18(21)7-5-10-19(3)14(2)20(11-6-12-29(22,23)24)17-9-8-15(13-16(17)19)30(25,26)27;1-5-4(6-2)7-3;2-1(3)4;;;/h5,10,13,15-16,22-24H,6-9,11-12,14,17-21H2,1-4H3,(H2-,41,42,43,44,45,46,47,48);11-12H,5-10H2,1-4H3;8-9,13H,4-7,10-12H2,1-3H3,(H-,22,23,24,25,26,27);4H,1-3H3;;1H;;/q;;;;;;2*+1/p-2. The van der Waals surface area contributed by atoms with Gasteiger partial charge in [0.05, 0.1) is 47.5 Å². The summed E-state index contributed by atoms with van der Waals surface area (Å²) in [7, 11) is -17.5. The molecular weight excluding hydrogens is 1620 g/mol. The number of nitrogens with zero attached hydrogens (tertiary/aromatic N) is 4. The fourth-order valence-corrected chi connectivity index (χ4v) is 18.2. The molecule has 4 aromatic carbocycles. The summed E-state index contributed by atoms with van der Waals surface area (Å²) >= 11 is 0. The number of aliphatic carboxylic acids is 1. The molecule has 5 aromatic rings. The smallest absolute Gasteiger partial charge is 1.00 e. The van der Waals surface area contributed by atoms with Crippen molar-refractivity contribution >= 4 is 111 Å². The number of carbonyl (C=O) groups is 2. The van der Waals surface area contributed by atoms with Gasteiger partial charge in [0.1, 0.15) is 44.8 Å². The van der Waals surface area contributed by atoms with E-state index in [2.05, 4.69) is 102 Å². The van der Waals surface area contributed by atoms with Crippen LogP contribution in [-0.4, -0.2) is 182 Å². The summed E-state index contributed by atoms with van der Waals surface area (Å²) in [5.74, 6) is -0.687. The van der Waals surface area contributed by atoms with E-state index in [1.807, 2.05) is 48.2 Å². The Bertz CT molecular complexity index is 5060. The zero-order chi connectivity index (χ0) is 84.4. The van der Waals surface area contributed by atoms with Crippen LogP contribution in [0.4, 0.5) is 35.7 Å². The molecule has 1 aromatic heterocycles. The predicted molar refractivity (Wildman–Crippen MR) is 426 cm³/mol. The number of aromatic nitrogens is 1. The quantitative estimate of drug-likeness (QED) is 0.0231. The molecule has 0 amide bonds. The molecule has 0 spiro atoms. The van der Waals surface area contributed by atoms with E-state index in [4.69, 9.17) is 9.47 Å². The normalized spacial score (nSPS) is 18.2. The Hall–Kier alpha value is -5.51. The van der Waals surface area contributed by atoms with Crippen LogP contribution in [0.2, 0.25) is 0 Å². The van der Waals surface area contributed by atoms with Gasteiger partial charge in [0.15, 0.2) is 17.1 Å². The third-order valence-electron chi connectivity index (χ3n) is 21.8. The molecule has 12 rings (SSSR count). The van der Waals surface area contributed by atoms with Crippen LogP contribution >= 0.6 is 0 Å². The van der Waals surface area contributed by atoms with Gasteiger partial charge in [0.25, 0.3) is 6.48 Å². The largest absolute Gasteiger partial charge is 1.00 e. The molecule has 2 unspecified atom stereocenters. The minimum atomic E-state index is -4.81. The summed E-state index contributed by atoms with van der Waals surface area (Å²) in [6.45, 7) is 27.5. The Morgan fingerprint density at radius 1 is 0.667 bits per heavy atom. The van der Waals surface area contributed by atoms with E-state index < -0.39 is 87.7 Å². The molecule has 0 aliphatic carbocycles. The number of carbonyl (C=O) groups excluding carboxylic acids is 1. The first-order valence-corrected chi connectivity index (χ1v) is 44.4. The number of carboxylic acid groups (broad SMARTS) is 1. The van der Waals surface area contributed by atoms with Crippen molar-refractivity contribution < 1.29 is 181 Å². The van der Waals surface area contributed by atoms with Crippen molar-refractivity contribution in [1.29, 1.82) is 0 Å². The van der Waals surface area contributed by atoms with Gasteiger partial charge in [-0.3, -0.25) is 22.5 Å². The van der Waals surface area contributed by atoms with Gasteiger partial charge in [-0.05, 0) is 169 Å². The maximum absolute atomic E-state index is 12.1. The molecule has 0 saturated heterocycles. The van der Waals surface area contributed by atoms with Crippen LogP contribution in [0.25, 0.3) is 16.5 Å². The van der Waals surface area contributed by atoms with Gasteiger partial charge in [-0.25, -0.2) is 38.7 Å². The molecule has 36 heteroatoms. The second-order valence-electron chi connectivity index (χ2n) is 32.0. The molecule has 0 saturated carbocycles. The molecule has 7 aliphatic rings. The van der Waals surface area contributed by atoms with Crippen LogP contribution in [-0.2, 0) is 111 Å². The Labute approximate surface area is 731 Å². The van der Waals surface area contributed by atoms with E-state index in [1.165, 1.54) is 135 Å². The van der Waals surface area contributed by atoms with Crippen LogP contribution in [0.3, 0.4) is 0 Å². The molecule has 25 nitrogen and oxygen atoms in total. The number of H-pyrrole nitrogens is 1. The fraction of sp³-hybridized carbons (Fsp3) is 0.543. The molecule has 0 fully saturated rings. The van der Waals surface area contributed by atoms with Crippen LogP contribution in [0, 0.1) is 12.3 Å². The predicted octanol–water partition coefficient (Wildman–Crippen LogP) is 3.49. The zero-order valence-corrected chi connectivity index (χ0v) is 77.2. The number of fused-ring (bicyclic) bond motifs is 6. The van der Waals surface area contributed by atoms with Gasteiger partial charge in [-0.15, -0.1) is 0 Å². The summed E-state index contributed by atoms with van der Waals surface area (Å²) in [5, 5.41) is 10.9. The third kappa shape index (κ3) is 26.0. The molecule has 7 aliphatic heterocycles. The first-order valence-electron chi connectivity index (χ1n) is 38.4. The fourth-order valence-electron chi connectivity index (χ4n) is 16.3. The third-order valence-corrected chi connectivity index (χ3v) is 25.1. The van der Waals surface area contributed by atoms with Gasteiger partial charge in [-0.1, -0.05) is 53.7 Å².